The molecule has 1 atom stereocenters. The van der Waals surface area contributed by atoms with Gasteiger partial charge in [0.05, 0.1) is 49.0 Å². The van der Waals surface area contributed by atoms with Crippen molar-refractivity contribution in [2.45, 2.75) is 12.6 Å². The summed E-state index contributed by atoms with van der Waals surface area (Å²) in [6.07, 6.45) is -0.277. The van der Waals surface area contributed by atoms with Crippen molar-refractivity contribution in [2.24, 2.45) is 0 Å². The number of alkyl halides is 2. The third kappa shape index (κ3) is 4.24. The highest BCUT2D eigenvalue weighted by Gasteiger charge is 2.42. The fraction of sp³-hybridized carbons (Fsp3) is 0.333. The maximum atomic E-state index is 14.2. The largest absolute Gasteiger partial charge is 0.494 e. The number of anilines is 6. The molecule has 188 valence electrons. The van der Waals surface area contributed by atoms with Crippen molar-refractivity contribution in [3.8, 4) is 5.75 Å². The van der Waals surface area contributed by atoms with Crippen LogP contribution in [0.3, 0.4) is 0 Å². The van der Waals surface area contributed by atoms with Gasteiger partial charge in [0.25, 0.3) is 6.43 Å². The number of aromatic nitrogens is 4. The predicted octanol–water partition coefficient (Wildman–Crippen LogP) is 2.92. The molecular formula is C21H21F2N9O4. The fourth-order valence-electron chi connectivity index (χ4n) is 4.11. The van der Waals surface area contributed by atoms with Crippen LogP contribution in [0.1, 0.15) is 0 Å². The highest BCUT2D eigenvalue weighted by Crippen LogP contribution is 2.48. The molecule has 0 amide bonds. The Bertz CT molecular complexity index is 1260. The molecule has 1 aromatic carbocycles. The summed E-state index contributed by atoms with van der Waals surface area (Å²) in [5.74, 6) is -0.0897. The number of morpholine rings is 1. The molecule has 0 saturated carbocycles. The van der Waals surface area contributed by atoms with E-state index in [0.717, 1.165) is 0 Å². The number of para-hydroxylation sites is 1. The Morgan fingerprint density at radius 3 is 2.67 bits per heavy atom. The lowest BCUT2D eigenvalue weighted by atomic mass is 10.2. The van der Waals surface area contributed by atoms with Crippen molar-refractivity contribution in [3.05, 3.63) is 47.0 Å². The topological polar surface area (TPSA) is 144 Å². The minimum absolute atomic E-state index is 0.0241. The van der Waals surface area contributed by atoms with E-state index in [4.69, 9.17) is 9.47 Å². The first kappa shape index (κ1) is 23.3. The fourth-order valence-corrected chi connectivity index (χ4v) is 4.11. The van der Waals surface area contributed by atoms with Gasteiger partial charge < -0.3 is 25.0 Å². The number of fused-ring (bicyclic) bond motifs is 1. The van der Waals surface area contributed by atoms with Crippen LogP contribution in [-0.4, -0.2) is 70.9 Å². The average molecular weight is 501 g/mol. The number of nitrogens with one attached hydrogen (secondary N) is 2. The molecule has 1 saturated heterocycles. The molecule has 13 nitrogen and oxygen atoms in total. The Kier molecular flexibility index (Phi) is 6.28. The molecule has 1 unspecified atom stereocenters. The Hall–Kier alpha value is -4.40. The van der Waals surface area contributed by atoms with Gasteiger partial charge in [-0.05, 0) is 12.1 Å². The minimum atomic E-state index is -2.85. The number of hydrogen-bond acceptors (Lipinski definition) is 12. The Morgan fingerprint density at radius 1 is 1.25 bits per heavy atom. The molecule has 0 radical (unpaired) electrons. The van der Waals surface area contributed by atoms with Crippen molar-refractivity contribution >= 4 is 40.3 Å². The Morgan fingerprint density at radius 2 is 2.00 bits per heavy atom. The second kappa shape index (κ2) is 9.69. The van der Waals surface area contributed by atoms with E-state index in [-0.39, 0.29) is 17.6 Å². The Labute approximate surface area is 203 Å². The third-order valence-electron chi connectivity index (χ3n) is 5.67. The average Bonchev–Trinajstić information content (AvgIpc) is 3.29. The van der Waals surface area contributed by atoms with Crippen LogP contribution in [0.2, 0.25) is 0 Å². The van der Waals surface area contributed by atoms with Crippen molar-refractivity contribution in [1.82, 2.24) is 19.9 Å². The lowest BCUT2D eigenvalue weighted by molar-refractivity contribution is -0.383. The monoisotopic (exact) mass is 501 g/mol. The molecule has 0 bridgehead atoms. The van der Waals surface area contributed by atoms with Gasteiger partial charge in [-0.25, -0.2) is 18.7 Å². The van der Waals surface area contributed by atoms with Crippen molar-refractivity contribution < 1.29 is 23.2 Å². The number of halogens is 2. The van der Waals surface area contributed by atoms with E-state index in [2.05, 4.69) is 30.6 Å². The molecule has 3 aromatic rings. The van der Waals surface area contributed by atoms with E-state index in [1.54, 1.807) is 23.1 Å². The molecule has 5 rings (SSSR count). The SMILES string of the molecule is COc1cccc2c1N(c1nc(Nc3cncnc3)c([N+](=O)[O-])c(N3CCOCC3)n1)C(C(F)F)N2. The van der Waals surface area contributed by atoms with Gasteiger partial charge in [-0.15, -0.1) is 0 Å². The van der Waals surface area contributed by atoms with E-state index < -0.39 is 23.2 Å². The highest BCUT2D eigenvalue weighted by molar-refractivity contribution is 5.87. The van der Waals surface area contributed by atoms with Gasteiger partial charge in [-0.2, -0.15) is 9.97 Å². The van der Waals surface area contributed by atoms with Gasteiger partial charge in [-0.1, -0.05) is 6.07 Å². The summed E-state index contributed by atoms with van der Waals surface area (Å²) < 4.78 is 39.2. The number of nitro groups is 1. The van der Waals surface area contributed by atoms with Crippen LogP contribution in [0.4, 0.5) is 49.1 Å². The van der Waals surface area contributed by atoms with Gasteiger partial charge in [-0.3, -0.25) is 15.0 Å². The first-order valence-corrected chi connectivity index (χ1v) is 10.9. The summed E-state index contributed by atoms with van der Waals surface area (Å²) in [6.45, 7) is 1.30. The molecule has 0 aliphatic carbocycles. The lowest BCUT2D eigenvalue weighted by Crippen LogP contribution is -2.40. The van der Waals surface area contributed by atoms with Gasteiger partial charge in [0.15, 0.2) is 6.17 Å². The normalized spacial score (nSPS) is 17.1. The maximum Gasteiger partial charge on any atom is 0.353 e. The van der Waals surface area contributed by atoms with Gasteiger partial charge in [0.1, 0.15) is 17.8 Å². The summed E-state index contributed by atoms with van der Waals surface area (Å²) in [7, 11) is 1.42. The summed E-state index contributed by atoms with van der Waals surface area (Å²) in [6, 6.07) is 4.91. The van der Waals surface area contributed by atoms with E-state index in [9.17, 15) is 18.9 Å². The van der Waals surface area contributed by atoms with Crippen LogP contribution >= 0.6 is 0 Å². The number of nitrogens with zero attached hydrogens (tertiary/aromatic N) is 7. The molecule has 2 aliphatic heterocycles. The quantitative estimate of drug-likeness (QED) is 0.363. The van der Waals surface area contributed by atoms with E-state index in [1.165, 1.54) is 30.7 Å². The molecule has 2 N–H and O–H groups in total. The smallest absolute Gasteiger partial charge is 0.353 e. The standard InChI is InChI=1S/C21H21F2N9O4/c1-35-14-4-2-3-13-15(14)31(20(27-13)17(22)23)21-28-18(26-12-9-24-11-25-10-12)16(32(33)34)19(29-21)30-5-7-36-8-6-30/h2-4,9-11,17,20,27H,5-8H2,1H3,(H,26,28,29). The van der Waals surface area contributed by atoms with Gasteiger partial charge >= 0.3 is 5.69 Å². The molecule has 15 heteroatoms. The van der Waals surface area contributed by atoms with Crippen LogP contribution in [0.15, 0.2) is 36.9 Å². The second-order valence-corrected chi connectivity index (χ2v) is 7.80. The van der Waals surface area contributed by atoms with Crippen LogP contribution < -0.4 is 25.2 Å². The first-order chi connectivity index (χ1) is 17.5. The first-order valence-electron chi connectivity index (χ1n) is 10.9. The molecule has 36 heavy (non-hydrogen) atoms. The molecule has 2 aromatic heterocycles. The molecule has 4 heterocycles. The number of benzene rings is 1. The minimum Gasteiger partial charge on any atom is -0.494 e. The van der Waals surface area contributed by atoms with E-state index in [0.29, 0.717) is 49.1 Å². The molecule has 1 fully saturated rings. The van der Waals surface area contributed by atoms with E-state index >= 15 is 0 Å². The summed E-state index contributed by atoms with van der Waals surface area (Å²) in [4.78, 5) is 31.1. The molecular weight excluding hydrogens is 480 g/mol. The zero-order chi connectivity index (χ0) is 25.2. The molecule has 2 aliphatic rings. The van der Waals surface area contributed by atoms with Crippen LogP contribution in [0.25, 0.3) is 0 Å². The summed E-state index contributed by atoms with van der Waals surface area (Å²) in [5.41, 5.74) is 0.591. The molecule has 0 spiro atoms. The number of rotatable bonds is 7. The predicted molar refractivity (Wildman–Crippen MR) is 126 cm³/mol. The van der Waals surface area contributed by atoms with Crippen LogP contribution in [0, 0.1) is 10.1 Å². The summed E-state index contributed by atoms with van der Waals surface area (Å²) in [5, 5.41) is 17.8. The van der Waals surface area contributed by atoms with Gasteiger partial charge in [0.2, 0.25) is 17.6 Å². The number of methoxy groups -OCH3 is 1. The maximum absolute atomic E-state index is 14.2. The van der Waals surface area contributed by atoms with Crippen LogP contribution in [-0.2, 0) is 4.74 Å². The van der Waals surface area contributed by atoms with Gasteiger partial charge in [0, 0.05) is 13.1 Å². The van der Waals surface area contributed by atoms with Crippen LogP contribution in [0.5, 0.6) is 5.75 Å². The third-order valence-corrected chi connectivity index (χ3v) is 5.67. The number of ether oxygens (including phenoxy) is 2. The van der Waals surface area contributed by atoms with Crippen molar-refractivity contribution in [1.29, 1.82) is 0 Å². The highest BCUT2D eigenvalue weighted by atomic mass is 19.3. The Balaban J connectivity index is 1.72. The van der Waals surface area contributed by atoms with Crippen molar-refractivity contribution in [2.75, 3.05) is 53.8 Å². The zero-order valence-electron chi connectivity index (χ0n) is 19.0. The van der Waals surface area contributed by atoms with Crippen molar-refractivity contribution in [3.63, 3.8) is 0 Å². The lowest BCUT2D eigenvalue weighted by Gasteiger charge is -2.30. The zero-order valence-corrected chi connectivity index (χ0v) is 19.0. The summed E-state index contributed by atoms with van der Waals surface area (Å²) >= 11 is 0. The second-order valence-electron chi connectivity index (χ2n) is 7.80. The van der Waals surface area contributed by atoms with E-state index in [1.807, 2.05) is 0 Å². The number of hydrogen-bond donors (Lipinski definition) is 2.